The third-order valence-corrected chi connectivity index (χ3v) is 5.20. The van der Waals surface area contributed by atoms with Crippen LogP contribution in [0.5, 0.6) is 0 Å². The van der Waals surface area contributed by atoms with Crippen molar-refractivity contribution in [2.45, 2.75) is 61.8 Å². The van der Waals surface area contributed by atoms with Crippen molar-refractivity contribution in [2.75, 3.05) is 0 Å². The molecular weight excluding hydrogens is 180 g/mol. The van der Waals surface area contributed by atoms with Crippen LogP contribution in [-0.4, -0.2) is 0 Å². The third-order valence-electron chi connectivity index (χ3n) is 5.20. The molecule has 88 valence electrons. The van der Waals surface area contributed by atoms with Crippen molar-refractivity contribution in [1.29, 1.82) is 0 Å². The minimum Gasteiger partial charge on any atom is -0.0651 e. The predicted molar refractivity (Wildman–Crippen MR) is 68.6 cm³/mol. The van der Waals surface area contributed by atoms with Gasteiger partial charge in [0, 0.05) is 17.3 Å². The summed E-state index contributed by atoms with van der Waals surface area (Å²) in [5, 5.41) is 0. The van der Waals surface area contributed by atoms with Crippen LogP contribution in [-0.2, 0) is 0 Å². The Bertz CT molecular complexity index is 214. The lowest BCUT2D eigenvalue weighted by Crippen LogP contribution is -2.23. The minimum absolute atomic E-state index is 0.502. The molecule has 1 fully saturated rings. The van der Waals surface area contributed by atoms with Crippen molar-refractivity contribution in [3.63, 3.8) is 0 Å². The molecule has 1 aliphatic carbocycles. The van der Waals surface area contributed by atoms with Gasteiger partial charge in [0.25, 0.3) is 0 Å². The molecule has 15 heavy (non-hydrogen) atoms. The average Bonchev–Trinajstić information content (AvgIpc) is 2.63. The molecule has 0 aromatic rings. The van der Waals surface area contributed by atoms with E-state index in [1.807, 2.05) is 0 Å². The first-order valence-electron chi connectivity index (χ1n) is 6.55. The lowest BCUT2D eigenvalue weighted by molar-refractivity contribution is 0.277. The van der Waals surface area contributed by atoms with Crippen LogP contribution in [0.4, 0.5) is 0 Å². The van der Waals surface area contributed by atoms with Crippen molar-refractivity contribution in [1.82, 2.24) is 0 Å². The first-order valence-corrected chi connectivity index (χ1v) is 6.55. The van der Waals surface area contributed by atoms with Crippen LogP contribution >= 0.6 is 0 Å². The molecule has 0 aromatic carbocycles. The Morgan fingerprint density at radius 2 is 1.60 bits per heavy atom. The molecule has 0 amide bonds. The van der Waals surface area contributed by atoms with Crippen LogP contribution in [0.1, 0.15) is 61.8 Å². The molecule has 0 saturated heterocycles. The van der Waals surface area contributed by atoms with E-state index >= 15 is 0 Å². The Labute approximate surface area is 96.8 Å². The largest absolute Gasteiger partial charge is 0.121 e. The maximum atomic E-state index is 2.47. The molecule has 0 N–H and O–H groups in total. The van der Waals surface area contributed by atoms with E-state index in [0.717, 1.165) is 17.8 Å². The Kier molecular flexibility index (Phi) is 3.20. The predicted octanol–water partition coefficient (Wildman–Crippen LogP) is 4.95. The van der Waals surface area contributed by atoms with E-state index in [0.29, 0.717) is 10.8 Å². The molecule has 0 radical (unpaired) electrons. The number of hydrogen-bond acceptors (Lipinski definition) is 0. The Morgan fingerprint density at radius 3 is 1.80 bits per heavy atom. The number of rotatable bonds is 4. The summed E-state index contributed by atoms with van der Waals surface area (Å²) >= 11 is 0. The molecule has 0 heterocycles. The lowest BCUT2D eigenvalue weighted by Gasteiger charge is -2.21. The van der Waals surface area contributed by atoms with E-state index in [4.69, 9.17) is 0 Å². The Hall–Kier alpha value is -0.130. The van der Waals surface area contributed by atoms with E-state index in [1.165, 1.54) is 6.42 Å². The lowest BCUT2D eigenvalue weighted by atomic mass is 9.75. The fourth-order valence-electron chi connectivity index (χ4n) is 4.87. The van der Waals surface area contributed by atoms with Crippen molar-refractivity contribution in [2.24, 2.45) is 28.6 Å². The summed E-state index contributed by atoms with van der Waals surface area (Å²) in [6, 6.07) is 0. The van der Waals surface area contributed by atoms with Gasteiger partial charge in [-0.3, -0.25) is 0 Å². The van der Waals surface area contributed by atoms with Gasteiger partial charge in [0.1, 0.15) is 5.41 Å². The van der Waals surface area contributed by atoms with E-state index in [-0.39, 0.29) is 0 Å². The second kappa shape index (κ2) is 3.71. The van der Waals surface area contributed by atoms with Crippen LogP contribution in [0.15, 0.2) is 0 Å². The highest BCUT2D eigenvalue weighted by atomic mass is 14.8. The average molecular weight is 209 g/mol. The van der Waals surface area contributed by atoms with Gasteiger partial charge in [0.05, 0.1) is 19.8 Å². The highest BCUT2D eigenvalue weighted by Gasteiger charge is 2.80. The van der Waals surface area contributed by atoms with Crippen LogP contribution < -0.4 is 0 Å². The van der Waals surface area contributed by atoms with Gasteiger partial charge in [-0.05, 0) is 5.92 Å². The minimum atomic E-state index is 0.502. The molecule has 0 nitrogen and oxygen atoms in total. The molecule has 3 unspecified atom stereocenters. The monoisotopic (exact) mass is 209 g/mol. The highest BCUT2D eigenvalue weighted by molar-refractivity contribution is 5.28. The maximum absolute atomic E-state index is 2.47. The molecule has 3 atom stereocenters. The van der Waals surface area contributed by atoms with Crippen molar-refractivity contribution in [3.05, 3.63) is 5.92 Å². The molecule has 0 bridgehead atoms. The SMILES string of the molecule is CCC(C)C1C(C)(C)C1([C+](C)C)C(C)C. The second-order valence-electron chi connectivity index (χ2n) is 6.61. The van der Waals surface area contributed by atoms with Gasteiger partial charge < -0.3 is 0 Å². The van der Waals surface area contributed by atoms with Gasteiger partial charge in [-0.1, -0.05) is 48.0 Å². The van der Waals surface area contributed by atoms with E-state index < -0.39 is 0 Å². The fraction of sp³-hybridized carbons (Fsp3) is 0.933. The van der Waals surface area contributed by atoms with Crippen LogP contribution in [0.25, 0.3) is 0 Å². The Morgan fingerprint density at radius 1 is 1.13 bits per heavy atom. The molecule has 1 saturated carbocycles. The van der Waals surface area contributed by atoms with Crippen molar-refractivity contribution < 1.29 is 0 Å². The normalized spacial score (nSPS) is 35.4. The van der Waals surface area contributed by atoms with E-state index in [2.05, 4.69) is 55.4 Å². The van der Waals surface area contributed by atoms with Gasteiger partial charge in [-0.15, -0.1) is 0 Å². The standard InChI is InChI=1S/C15H29/c1-9-12(6)13-14(7,8)15(13,10(2)3)11(4)5/h10,12-13H,9H2,1-8H3/q+1. The van der Waals surface area contributed by atoms with E-state index in [9.17, 15) is 0 Å². The van der Waals surface area contributed by atoms with Gasteiger partial charge >= 0.3 is 0 Å². The highest BCUT2D eigenvalue weighted by Crippen LogP contribution is 2.78. The summed E-state index contributed by atoms with van der Waals surface area (Å²) in [6.45, 7) is 19.2. The zero-order chi connectivity index (χ0) is 12.0. The molecule has 1 rings (SSSR count). The zero-order valence-electron chi connectivity index (χ0n) is 11.9. The number of hydrogen-bond donors (Lipinski definition) is 0. The van der Waals surface area contributed by atoms with Crippen molar-refractivity contribution >= 4 is 0 Å². The van der Waals surface area contributed by atoms with Gasteiger partial charge in [0.15, 0.2) is 0 Å². The first kappa shape index (κ1) is 12.9. The summed E-state index contributed by atoms with van der Waals surface area (Å²) in [5.41, 5.74) is 1.01. The van der Waals surface area contributed by atoms with Crippen LogP contribution in [0, 0.1) is 34.5 Å². The summed E-state index contributed by atoms with van der Waals surface area (Å²) in [7, 11) is 0. The van der Waals surface area contributed by atoms with Gasteiger partial charge in [-0.25, -0.2) is 0 Å². The van der Waals surface area contributed by atoms with Crippen LogP contribution in [0.3, 0.4) is 0 Å². The van der Waals surface area contributed by atoms with Crippen LogP contribution in [0.2, 0.25) is 0 Å². The molecule has 0 aliphatic heterocycles. The van der Waals surface area contributed by atoms with E-state index in [1.54, 1.807) is 5.92 Å². The summed E-state index contributed by atoms with van der Waals surface area (Å²) < 4.78 is 0. The second-order valence-corrected chi connectivity index (χ2v) is 6.61. The molecule has 0 spiro atoms. The fourth-order valence-corrected chi connectivity index (χ4v) is 4.87. The summed E-state index contributed by atoms with van der Waals surface area (Å²) in [4.78, 5) is 0. The molecule has 0 aromatic heterocycles. The first-order chi connectivity index (χ1) is 6.74. The topological polar surface area (TPSA) is 0 Å². The smallest absolute Gasteiger partial charge is 0.0651 e. The van der Waals surface area contributed by atoms with Gasteiger partial charge in [0.2, 0.25) is 0 Å². The summed E-state index contributed by atoms with van der Waals surface area (Å²) in [5.74, 6) is 4.17. The Balaban J connectivity index is 3.03. The zero-order valence-corrected chi connectivity index (χ0v) is 11.9. The molecule has 1 aliphatic rings. The molecular formula is C15H29+. The van der Waals surface area contributed by atoms with Gasteiger partial charge in [-0.2, -0.15) is 0 Å². The van der Waals surface area contributed by atoms with Crippen molar-refractivity contribution in [3.8, 4) is 0 Å². The third kappa shape index (κ3) is 1.44. The quantitative estimate of drug-likeness (QED) is 0.575. The summed E-state index contributed by atoms with van der Waals surface area (Å²) in [6.07, 6.45) is 1.32. The maximum Gasteiger partial charge on any atom is 0.121 e. The molecule has 0 heteroatoms.